The lowest BCUT2D eigenvalue weighted by Gasteiger charge is -2.24. The summed E-state index contributed by atoms with van der Waals surface area (Å²) in [5, 5.41) is 16.3. The summed E-state index contributed by atoms with van der Waals surface area (Å²) in [5.41, 5.74) is 1.51. The molecule has 0 bridgehead atoms. The van der Waals surface area contributed by atoms with Gasteiger partial charge in [-0.25, -0.2) is 4.79 Å². The van der Waals surface area contributed by atoms with Gasteiger partial charge in [0.25, 0.3) is 0 Å². The minimum absolute atomic E-state index is 0.147. The number of amides is 2. The van der Waals surface area contributed by atoms with E-state index < -0.39 is 11.6 Å². The molecule has 25 heavy (non-hydrogen) atoms. The molecular formula is C19H22N2O4. The van der Waals surface area contributed by atoms with Gasteiger partial charge in [0.1, 0.15) is 17.1 Å². The smallest absolute Gasteiger partial charge is 0.319 e. The van der Waals surface area contributed by atoms with Crippen LogP contribution in [0.25, 0.3) is 0 Å². The lowest BCUT2D eigenvalue weighted by molar-refractivity contribution is 0.0417. The molecule has 0 aromatic heterocycles. The molecule has 0 fully saturated rings. The summed E-state index contributed by atoms with van der Waals surface area (Å²) >= 11 is 0. The van der Waals surface area contributed by atoms with E-state index in [1.54, 1.807) is 25.3 Å². The predicted molar refractivity (Wildman–Crippen MR) is 95.2 cm³/mol. The summed E-state index contributed by atoms with van der Waals surface area (Å²) in [5.74, 6) is 1.14. The number of urea groups is 1. The van der Waals surface area contributed by atoms with Crippen LogP contribution in [0.1, 0.15) is 17.5 Å². The number of aliphatic hydroxyl groups is 1. The van der Waals surface area contributed by atoms with E-state index in [2.05, 4.69) is 10.6 Å². The molecule has 0 radical (unpaired) electrons. The maximum Gasteiger partial charge on any atom is 0.319 e. The van der Waals surface area contributed by atoms with Crippen molar-refractivity contribution in [1.82, 2.24) is 5.32 Å². The van der Waals surface area contributed by atoms with E-state index in [1.165, 1.54) is 7.11 Å². The van der Waals surface area contributed by atoms with E-state index in [9.17, 15) is 9.90 Å². The maximum absolute atomic E-state index is 12.2. The standard InChI is InChI=1S/C19H22N2O4/c1-24-14-7-8-16(17(11-14)25-2)21-18(22)20-12-19(23)10-9-13-5-3-4-6-15(13)19/h3-8,11,23H,9-10,12H2,1-2H3,(H2,20,21,22). The molecule has 132 valence electrons. The summed E-state index contributed by atoms with van der Waals surface area (Å²) in [6.07, 6.45) is 1.40. The summed E-state index contributed by atoms with van der Waals surface area (Å²) in [6.45, 7) is 0.147. The summed E-state index contributed by atoms with van der Waals surface area (Å²) in [4.78, 5) is 12.2. The Balaban J connectivity index is 1.64. The lowest BCUT2D eigenvalue weighted by atomic mass is 9.96. The number of benzene rings is 2. The van der Waals surface area contributed by atoms with Gasteiger partial charge in [0.15, 0.2) is 0 Å². The first-order valence-electron chi connectivity index (χ1n) is 8.13. The first-order chi connectivity index (χ1) is 12.1. The van der Waals surface area contributed by atoms with E-state index in [1.807, 2.05) is 24.3 Å². The fourth-order valence-electron chi connectivity index (χ4n) is 3.15. The van der Waals surface area contributed by atoms with Crippen molar-refractivity contribution in [3.8, 4) is 11.5 Å². The highest BCUT2D eigenvalue weighted by molar-refractivity contribution is 5.91. The van der Waals surface area contributed by atoms with Gasteiger partial charge in [0.2, 0.25) is 0 Å². The Morgan fingerprint density at radius 3 is 2.76 bits per heavy atom. The number of anilines is 1. The molecule has 1 unspecified atom stereocenters. The molecule has 1 atom stereocenters. The third-order valence-electron chi connectivity index (χ3n) is 4.52. The largest absolute Gasteiger partial charge is 0.497 e. The van der Waals surface area contributed by atoms with Gasteiger partial charge in [-0.3, -0.25) is 0 Å². The Labute approximate surface area is 146 Å². The number of hydrogen-bond donors (Lipinski definition) is 3. The van der Waals surface area contributed by atoms with Crippen LogP contribution in [0.5, 0.6) is 11.5 Å². The topological polar surface area (TPSA) is 79.8 Å². The zero-order chi connectivity index (χ0) is 17.9. The van der Waals surface area contributed by atoms with Crippen molar-refractivity contribution in [2.24, 2.45) is 0 Å². The lowest BCUT2D eigenvalue weighted by Crippen LogP contribution is -2.41. The molecule has 0 aliphatic heterocycles. The van der Waals surface area contributed by atoms with E-state index >= 15 is 0 Å². The van der Waals surface area contributed by atoms with Crippen LogP contribution in [0, 0.1) is 0 Å². The van der Waals surface area contributed by atoms with E-state index in [4.69, 9.17) is 9.47 Å². The van der Waals surface area contributed by atoms with Gasteiger partial charge in [-0.1, -0.05) is 24.3 Å². The highest BCUT2D eigenvalue weighted by Gasteiger charge is 2.36. The van der Waals surface area contributed by atoms with Crippen LogP contribution in [0.2, 0.25) is 0 Å². The zero-order valence-electron chi connectivity index (χ0n) is 14.3. The van der Waals surface area contributed by atoms with Gasteiger partial charge in [-0.05, 0) is 36.1 Å². The van der Waals surface area contributed by atoms with Crippen LogP contribution in [-0.4, -0.2) is 31.9 Å². The third kappa shape index (κ3) is 3.53. The van der Waals surface area contributed by atoms with E-state index in [-0.39, 0.29) is 6.54 Å². The van der Waals surface area contributed by atoms with E-state index in [0.717, 1.165) is 17.5 Å². The molecule has 2 aromatic rings. The van der Waals surface area contributed by atoms with Crippen LogP contribution in [0.4, 0.5) is 10.5 Å². The SMILES string of the molecule is COc1ccc(NC(=O)NCC2(O)CCc3ccccc32)c(OC)c1. The summed E-state index contributed by atoms with van der Waals surface area (Å²) in [6, 6.07) is 12.5. The first-order valence-corrected chi connectivity index (χ1v) is 8.13. The van der Waals surface area contributed by atoms with Gasteiger partial charge in [-0.2, -0.15) is 0 Å². The monoisotopic (exact) mass is 342 g/mol. The number of methoxy groups -OCH3 is 2. The number of hydrogen-bond acceptors (Lipinski definition) is 4. The van der Waals surface area contributed by atoms with Crippen molar-refractivity contribution in [1.29, 1.82) is 0 Å². The second-order valence-electron chi connectivity index (χ2n) is 6.06. The molecule has 6 nitrogen and oxygen atoms in total. The minimum atomic E-state index is -1.03. The fraction of sp³-hybridized carbons (Fsp3) is 0.316. The fourth-order valence-corrected chi connectivity index (χ4v) is 3.15. The number of ether oxygens (including phenoxy) is 2. The second-order valence-corrected chi connectivity index (χ2v) is 6.06. The number of carbonyl (C=O) groups excluding carboxylic acids is 1. The molecular weight excluding hydrogens is 320 g/mol. The van der Waals surface area contributed by atoms with Crippen LogP contribution in [-0.2, 0) is 12.0 Å². The van der Waals surface area contributed by atoms with Crippen molar-refractivity contribution in [2.75, 3.05) is 26.1 Å². The van der Waals surface area contributed by atoms with Gasteiger partial charge in [-0.15, -0.1) is 0 Å². The normalized spacial score (nSPS) is 18.4. The number of fused-ring (bicyclic) bond motifs is 1. The molecule has 2 amide bonds. The Morgan fingerprint density at radius 2 is 2.00 bits per heavy atom. The second kappa shape index (κ2) is 7.03. The number of carbonyl (C=O) groups is 1. The average molecular weight is 342 g/mol. The van der Waals surface area contributed by atoms with Gasteiger partial charge in [0, 0.05) is 6.07 Å². The van der Waals surface area contributed by atoms with Gasteiger partial charge < -0.3 is 25.2 Å². The minimum Gasteiger partial charge on any atom is -0.497 e. The molecule has 1 aliphatic carbocycles. The maximum atomic E-state index is 12.2. The van der Waals surface area contributed by atoms with Crippen LogP contribution in [0.3, 0.4) is 0 Å². The molecule has 1 aliphatic rings. The van der Waals surface area contributed by atoms with Crippen LogP contribution >= 0.6 is 0 Å². The number of aryl methyl sites for hydroxylation is 1. The van der Waals surface area contributed by atoms with Crippen LogP contribution < -0.4 is 20.1 Å². The highest BCUT2D eigenvalue weighted by Crippen LogP contribution is 2.36. The van der Waals surface area contributed by atoms with Crippen molar-refractivity contribution in [3.05, 3.63) is 53.6 Å². The molecule has 0 spiro atoms. The molecule has 0 saturated heterocycles. The molecule has 0 saturated carbocycles. The molecule has 6 heteroatoms. The van der Waals surface area contributed by atoms with Crippen molar-refractivity contribution < 1.29 is 19.4 Å². The average Bonchev–Trinajstić information content (AvgIpc) is 2.98. The van der Waals surface area contributed by atoms with E-state index in [0.29, 0.717) is 23.6 Å². The number of nitrogens with one attached hydrogen (secondary N) is 2. The Hall–Kier alpha value is -2.73. The molecule has 2 aromatic carbocycles. The highest BCUT2D eigenvalue weighted by atomic mass is 16.5. The predicted octanol–water partition coefficient (Wildman–Crippen LogP) is 2.66. The molecule has 3 N–H and O–H groups in total. The third-order valence-corrected chi connectivity index (χ3v) is 4.52. The summed E-state index contributed by atoms with van der Waals surface area (Å²) in [7, 11) is 3.09. The zero-order valence-corrected chi connectivity index (χ0v) is 14.3. The molecule has 0 heterocycles. The molecule has 3 rings (SSSR count). The Bertz CT molecular complexity index is 778. The van der Waals surface area contributed by atoms with Crippen molar-refractivity contribution in [3.63, 3.8) is 0 Å². The van der Waals surface area contributed by atoms with Gasteiger partial charge >= 0.3 is 6.03 Å². The summed E-state index contributed by atoms with van der Waals surface area (Å²) < 4.78 is 10.4. The number of rotatable bonds is 5. The van der Waals surface area contributed by atoms with Crippen molar-refractivity contribution >= 4 is 11.7 Å². The Kier molecular flexibility index (Phi) is 4.81. The van der Waals surface area contributed by atoms with Crippen LogP contribution in [0.15, 0.2) is 42.5 Å². The first kappa shape index (κ1) is 17.1. The van der Waals surface area contributed by atoms with Crippen molar-refractivity contribution in [2.45, 2.75) is 18.4 Å². The van der Waals surface area contributed by atoms with Gasteiger partial charge in [0.05, 0.1) is 26.5 Å². The quantitative estimate of drug-likeness (QED) is 0.780. The Morgan fingerprint density at radius 1 is 1.20 bits per heavy atom.